The van der Waals surface area contributed by atoms with E-state index in [4.69, 9.17) is 11.6 Å². The second kappa shape index (κ2) is 4.07. The summed E-state index contributed by atoms with van der Waals surface area (Å²) in [5.41, 5.74) is 1.58. The summed E-state index contributed by atoms with van der Waals surface area (Å²) in [6, 6.07) is 3.08. The van der Waals surface area contributed by atoms with Gasteiger partial charge in [0.2, 0.25) is 0 Å². The summed E-state index contributed by atoms with van der Waals surface area (Å²) in [6.45, 7) is 1.80. The Bertz CT molecular complexity index is 354. The van der Waals surface area contributed by atoms with Crippen LogP contribution in [-0.2, 0) is 5.33 Å². The Labute approximate surface area is 89.0 Å². The molecule has 1 aromatic carbocycles. The van der Waals surface area contributed by atoms with Gasteiger partial charge < -0.3 is 0 Å². The van der Waals surface area contributed by atoms with E-state index in [-0.39, 0.29) is 5.69 Å². The number of halogens is 2. The van der Waals surface area contributed by atoms with Crippen LogP contribution in [0.15, 0.2) is 12.1 Å². The maximum atomic E-state index is 10.6. The molecule has 0 saturated carbocycles. The molecule has 13 heavy (non-hydrogen) atoms. The van der Waals surface area contributed by atoms with Crippen molar-refractivity contribution in [1.82, 2.24) is 0 Å². The number of nitrogens with zero attached hydrogens (tertiary/aromatic N) is 1. The number of hydrogen-bond acceptors (Lipinski definition) is 2. The Morgan fingerprint density at radius 1 is 1.62 bits per heavy atom. The largest absolute Gasteiger partial charge is 0.275 e. The molecular weight excluding hydrogens is 257 g/mol. The van der Waals surface area contributed by atoms with E-state index < -0.39 is 4.92 Å². The monoisotopic (exact) mass is 263 g/mol. The van der Waals surface area contributed by atoms with E-state index in [1.165, 1.54) is 6.07 Å². The highest BCUT2D eigenvalue weighted by atomic mass is 79.9. The molecule has 0 aromatic heterocycles. The molecule has 0 aliphatic heterocycles. The van der Waals surface area contributed by atoms with Gasteiger partial charge in [0.05, 0.1) is 4.92 Å². The molecule has 1 rings (SSSR count). The van der Waals surface area contributed by atoms with E-state index in [0.717, 1.165) is 5.56 Å². The number of hydrogen-bond donors (Lipinski definition) is 0. The first kappa shape index (κ1) is 10.5. The normalized spacial score (nSPS) is 10.1. The van der Waals surface area contributed by atoms with Crippen LogP contribution in [0.1, 0.15) is 11.1 Å². The zero-order valence-corrected chi connectivity index (χ0v) is 9.22. The van der Waals surface area contributed by atoms with Gasteiger partial charge in [0.1, 0.15) is 0 Å². The summed E-state index contributed by atoms with van der Waals surface area (Å²) in [7, 11) is 0. The van der Waals surface area contributed by atoms with Crippen molar-refractivity contribution in [3.05, 3.63) is 38.4 Å². The van der Waals surface area contributed by atoms with Gasteiger partial charge in [-0.1, -0.05) is 27.5 Å². The van der Waals surface area contributed by atoms with Crippen molar-refractivity contribution in [3.63, 3.8) is 0 Å². The van der Waals surface area contributed by atoms with Crippen molar-refractivity contribution < 1.29 is 4.92 Å². The van der Waals surface area contributed by atoms with Crippen molar-refractivity contribution in [3.8, 4) is 0 Å². The third-order valence-electron chi connectivity index (χ3n) is 1.74. The van der Waals surface area contributed by atoms with Crippen molar-refractivity contribution in [1.29, 1.82) is 0 Å². The van der Waals surface area contributed by atoms with Gasteiger partial charge in [-0.05, 0) is 18.6 Å². The number of benzene rings is 1. The van der Waals surface area contributed by atoms with Crippen LogP contribution in [0, 0.1) is 17.0 Å². The molecule has 5 heteroatoms. The van der Waals surface area contributed by atoms with E-state index >= 15 is 0 Å². The minimum Gasteiger partial charge on any atom is -0.258 e. The average molecular weight is 265 g/mol. The molecule has 1 aromatic rings. The standard InChI is InChI=1S/C8H7BrClNO2/c1-5-2-6(10)3-8(11(12)13)7(5)4-9/h2-3H,4H2,1H3. The molecule has 0 heterocycles. The van der Waals surface area contributed by atoms with Crippen LogP contribution in [0.4, 0.5) is 5.69 Å². The molecule has 0 spiro atoms. The van der Waals surface area contributed by atoms with Gasteiger partial charge in [0.25, 0.3) is 5.69 Å². The van der Waals surface area contributed by atoms with Crippen LogP contribution in [0.25, 0.3) is 0 Å². The first-order valence-electron chi connectivity index (χ1n) is 3.55. The van der Waals surface area contributed by atoms with Crippen molar-refractivity contribution in [2.75, 3.05) is 0 Å². The molecule has 0 unspecified atom stereocenters. The maximum Gasteiger partial charge on any atom is 0.275 e. The number of nitro groups is 1. The highest BCUT2D eigenvalue weighted by Crippen LogP contribution is 2.28. The fraction of sp³-hybridized carbons (Fsp3) is 0.250. The Kier molecular flexibility index (Phi) is 3.27. The topological polar surface area (TPSA) is 43.1 Å². The molecule has 0 radical (unpaired) electrons. The van der Waals surface area contributed by atoms with Gasteiger partial charge in [0, 0.05) is 22.0 Å². The zero-order valence-electron chi connectivity index (χ0n) is 6.88. The van der Waals surface area contributed by atoms with Gasteiger partial charge in [-0.2, -0.15) is 0 Å². The molecule has 0 bridgehead atoms. The first-order valence-corrected chi connectivity index (χ1v) is 5.05. The minimum atomic E-state index is -0.421. The molecule has 0 aliphatic carbocycles. The van der Waals surface area contributed by atoms with Crippen LogP contribution < -0.4 is 0 Å². The molecular formula is C8H7BrClNO2. The fourth-order valence-corrected chi connectivity index (χ4v) is 2.09. The maximum absolute atomic E-state index is 10.6. The van der Waals surface area contributed by atoms with Crippen LogP contribution in [-0.4, -0.2) is 4.92 Å². The molecule has 0 fully saturated rings. The minimum absolute atomic E-state index is 0.0712. The Morgan fingerprint density at radius 2 is 2.23 bits per heavy atom. The average Bonchev–Trinajstić information content (AvgIpc) is 2.02. The summed E-state index contributed by atoms with van der Waals surface area (Å²) >= 11 is 8.91. The predicted molar refractivity (Wildman–Crippen MR) is 55.5 cm³/mol. The van der Waals surface area contributed by atoms with Gasteiger partial charge in [-0.15, -0.1) is 0 Å². The lowest BCUT2D eigenvalue weighted by Gasteiger charge is -2.03. The van der Waals surface area contributed by atoms with E-state index in [1.807, 2.05) is 0 Å². The first-order chi connectivity index (χ1) is 6.06. The summed E-state index contributed by atoms with van der Waals surface area (Å²) in [5, 5.41) is 11.5. The lowest BCUT2D eigenvalue weighted by Crippen LogP contribution is -1.95. The van der Waals surface area contributed by atoms with E-state index in [2.05, 4.69) is 15.9 Å². The van der Waals surface area contributed by atoms with Crippen molar-refractivity contribution >= 4 is 33.2 Å². The van der Waals surface area contributed by atoms with Gasteiger partial charge in [-0.3, -0.25) is 10.1 Å². The molecule has 0 aliphatic rings. The zero-order chi connectivity index (χ0) is 10.0. The molecule has 3 nitrogen and oxygen atoms in total. The van der Waals surface area contributed by atoms with Crippen LogP contribution in [0.5, 0.6) is 0 Å². The Morgan fingerprint density at radius 3 is 2.69 bits per heavy atom. The SMILES string of the molecule is Cc1cc(Cl)cc([N+](=O)[O-])c1CBr. The summed E-state index contributed by atoms with van der Waals surface area (Å²) in [4.78, 5) is 10.2. The highest BCUT2D eigenvalue weighted by molar-refractivity contribution is 9.08. The number of aryl methyl sites for hydroxylation is 1. The van der Waals surface area contributed by atoms with E-state index in [0.29, 0.717) is 15.9 Å². The fourth-order valence-electron chi connectivity index (χ4n) is 1.09. The smallest absolute Gasteiger partial charge is 0.258 e. The number of rotatable bonds is 2. The third-order valence-corrected chi connectivity index (χ3v) is 2.52. The second-order valence-electron chi connectivity index (χ2n) is 2.61. The summed E-state index contributed by atoms with van der Waals surface area (Å²) in [6.07, 6.45) is 0. The summed E-state index contributed by atoms with van der Waals surface area (Å²) in [5.74, 6) is 0. The second-order valence-corrected chi connectivity index (χ2v) is 3.61. The molecule has 0 amide bonds. The highest BCUT2D eigenvalue weighted by Gasteiger charge is 2.15. The number of nitro benzene ring substituents is 1. The third kappa shape index (κ3) is 2.19. The van der Waals surface area contributed by atoms with E-state index in [9.17, 15) is 10.1 Å². The Hall–Kier alpha value is -0.610. The summed E-state index contributed by atoms with van der Waals surface area (Å²) < 4.78 is 0. The lowest BCUT2D eigenvalue weighted by molar-refractivity contribution is -0.385. The molecule has 0 saturated heterocycles. The lowest BCUT2D eigenvalue weighted by atomic mass is 10.1. The predicted octanol–water partition coefficient (Wildman–Crippen LogP) is 3.45. The van der Waals surface area contributed by atoms with Crippen LogP contribution >= 0.6 is 27.5 Å². The van der Waals surface area contributed by atoms with Crippen LogP contribution in [0.2, 0.25) is 5.02 Å². The Balaban J connectivity index is 3.38. The van der Waals surface area contributed by atoms with Gasteiger partial charge in [0.15, 0.2) is 0 Å². The van der Waals surface area contributed by atoms with Gasteiger partial charge in [-0.25, -0.2) is 0 Å². The molecule has 70 valence electrons. The van der Waals surface area contributed by atoms with Crippen molar-refractivity contribution in [2.45, 2.75) is 12.3 Å². The van der Waals surface area contributed by atoms with Gasteiger partial charge >= 0.3 is 0 Å². The molecule has 0 atom stereocenters. The number of alkyl halides is 1. The molecule has 0 N–H and O–H groups in total. The quantitative estimate of drug-likeness (QED) is 0.466. The van der Waals surface area contributed by atoms with Crippen molar-refractivity contribution in [2.24, 2.45) is 0 Å². The van der Waals surface area contributed by atoms with E-state index in [1.54, 1.807) is 13.0 Å². The van der Waals surface area contributed by atoms with Crippen LogP contribution in [0.3, 0.4) is 0 Å².